The van der Waals surface area contributed by atoms with Gasteiger partial charge in [-0.2, -0.15) is 0 Å². The number of aromatic nitrogens is 4. The van der Waals surface area contributed by atoms with Gasteiger partial charge in [-0.15, -0.1) is 0 Å². The van der Waals surface area contributed by atoms with Crippen molar-refractivity contribution < 1.29 is 14.0 Å². The molecule has 206 valence electrons. The fourth-order valence-electron chi connectivity index (χ4n) is 5.47. The quantitative estimate of drug-likeness (QED) is 0.183. The lowest BCUT2D eigenvalue weighted by Gasteiger charge is -2.12. The molecule has 5 aromatic rings. The van der Waals surface area contributed by atoms with Gasteiger partial charge in [0.2, 0.25) is 0 Å². The van der Waals surface area contributed by atoms with Crippen LogP contribution >= 0.6 is 7.60 Å². The van der Waals surface area contributed by atoms with Gasteiger partial charge >= 0.3 is 7.60 Å². The van der Waals surface area contributed by atoms with E-state index in [9.17, 15) is 9.46 Å². The summed E-state index contributed by atoms with van der Waals surface area (Å²) in [6.07, 6.45) is 7.26. The average Bonchev–Trinajstić information content (AvgIpc) is 3.81. The van der Waals surface area contributed by atoms with Gasteiger partial charge in [0.1, 0.15) is 5.30 Å². The van der Waals surface area contributed by atoms with Gasteiger partial charge in [-0.05, 0) is 72.7 Å². The van der Waals surface area contributed by atoms with Crippen LogP contribution in [0.1, 0.15) is 29.7 Å². The molecule has 2 aliphatic rings. The number of nitrogens with zero attached hydrogens (tertiary/aromatic N) is 2. The van der Waals surface area contributed by atoms with Gasteiger partial charge in [0.05, 0.1) is 29.4 Å². The van der Waals surface area contributed by atoms with E-state index in [1.807, 2.05) is 97.1 Å². The Morgan fingerprint density at radius 2 is 1.12 bits per heavy atom. The van der Waals surface area contributed by atoms with Gasteiger partial charge in [-0.3, -0.25) is 4.57 Å². The van der Waals surface area contributed by atoms with Crippen LogP contribution in [0.25, 0.3) is 68.6 Å². The molecule has 8 heteroatoms. The predicted octanol–water partition coefficient (Wildman–Crippen LogP) is 7.84. The van der Waals surface area contributed by atoms with E-state index in [1.165, 1.54) is 0 Å². The number of fused-ring (bicyclic) bond motifs is 8. The van der Waals surface area contributed by atoms with Gasteiger partial charge in [-0.25, -0.2) is 9.97 Å². The van der Waals surface area contributed by atoms with Crippen molar-refractivity contribution >= 4 is 59.3 Å². The first-order valence-electron chi connectivity index (χ1n) is 13.7. The highest BCUT2D eigenvalue weighted by Crippen LogP contribution is 2.44. The maximum Gasteiger partial charge on any atom is 0.363 e. The third-order valence-electron chi connectivity index (χ3n) is 7.26. The van der Waals surface area contributed by atoms with E-state index in [4.69, 9.17) is 14.5 Å². The monoisotopic (exact) mass is 570 g/mol. The Labute approximate surface area is 242 Å². The van der Waals surface area contributed by atoms with E-state index >= 15 is 0 Å². The first-order valence-corrected chi connectivity index (χ1v) is 15.3. The first kappa shape index (κ1) is 26.1. The topological polar surface area (TPSA) is 104 Å². The van der Waals surface area contributed by atoms with Crippen LogP contribution in [0.2, 0.25) is 0 Å². The largest absolute Gasteiger partial charge is 0.363 e. The highest BCUT2D eigenvalue weighted by Gasteiger charge is 2.31. The molecule has 3 N–H and O–H groups in total. The van der Waals surface area contributed by atoms with Crippen LogP contribution in [0, 0.1) is 0 Å². The number of hydrogen-bond donors (Lipinski definition) is 3. The van der Waals surface area contributed by atoms with E-state index in [1.54, 1.807) is 19.1 Å². The zero-order valence-corrected chi connectivity index (χ0v) is 23.7. The molecule has 0 aliphatic carbocycles. The molecule has 8 bridgehead atoms. The molecule has 0 spiro atoms. The Bertz CT molecular complexity index is 1960. The zero-order valence-electron chi connectivity index (χ0n) is 22.8. The molecule has 3 aromatic heterocycles. The summed E-state index contributed by atoms with van der Waals surface area (Å²) in [5.74, 6) is 0. The van der Waals surface area contributed by atoms with Crippen LogP contribution in [0.3, 0.4) is 0 Å². The van der Waals surface area contributed by atoms with Gasteiger partial charge in [0.15, 0.2) is 0 Å². The Morgan fingerprint density at radius 3 is 1.57 bits per heavy atom. The zero-order chi connectivity index (χ0) is 28.7. The fraction of sp³-hybridized carbons (Fsp3) is 0.0588. The summed E-state index contributed by atoms with van der Waals surface area (Å²) in [6.45, 7) is 1.76. The summed E-state index contributed by atoms with van der Waals surface area (Å²) in [5, 5.41) is 0.0708. The maximum absolute atomic E-state index is 13.7. The van der Waals surface area contributed by atoms with Crippen LogP contribution < -0.4 is 5.30 Å². The first-order chi connectivity index (χ1) is 20.5. The summed E-state index contributed by atoms with van der Waals surface area (Å²) >= 11 is 0. The summed E-state index contributed by atoms with van der Waals surface area (Å²) < 4.78 is 19.1. The lowest BCUT2D eigenvalue weighted by Crippen LogP contribution is -2.15. The van der Waals surface area contributed by atoms with Gasteiger partial charge in [-0.1, -0.05) is 60.7 Å². The molecular weight excluding hydrogens is 543 g/mol. The number of H-pyrrole nitrogens is 2. The van der Waals surface area contributed by atoms with E-state index in [0.29, 0.717) is 22.8 Å². The molecule has 0 radical (unpaired) electrons. The Morgan fingerprint density at radius 1 is 0.667 bits per heavy atom. The molecule has 0 saturated carbocycles. The van der Waals surface area contributed by atoms with Crippen molar-refractivity contribution in [3.8, 4) is 22.3 Å². The van der Waals surface area contributed by atoms with Crippen LogP contribution in [0.15, 0.2) is 91.0 Å². The van der Waals surface area contributed by atoms with Gasteiger partial charge < -0.3 is 19.4 Å². The molecule has 2 aromatic carbocycles. The minimum absolute atomic E-state index is 0.0637. The summed E-state index contributed by atoms with van der Waals surface area (Å²) in [7, 11) is -4.29. The second-order valence-electron chi connectivity index (χ2n) is 10.00. The standard InChI is InChI=1S/C34H27N4O3P/c1-2-41-42(39,40)34-30-19-17-28(37-30)32(22-9-5-3-6-10-22)26-15-13-24(35-26)21-25-14-16-27(36-25)33(23-11-7-4-8-12-23)29-18-20-31(34)38-29/h3-21,35-36H,2H2,1H3,(H,39,40). The van der Waals surface area contributed by atoms with Crippen molar-refractivity contribution in [3.63, 3.8) is 0 Å². The van der Waals surface area contributed by atoms with Crippen LogP contribution in [-0.4, -0.2) is 31.4 Å². The van der Waals surface area contributed by atoms with E-state index in [2.05, 4.69) is 16.0 Å². The van der Waals surface area contributed by atoms with E-state index in [-0.39, 0.29) is 11.9 Å². The molecule has 5 heterocycles. The SMILES string of the molecule is CCOP(=O)(O)c1c2nc(c(-c3ccccc3)c3ccc(cc4ccc([nH]4)c(-c4ccccc4)c4nc1C=C4)[nH]3)C=C2. The molecule has 0 amide bonds. The van der Waals surface area contributed by atoms with E-state index in [0.717, 1.165) is 44.3 Å². The summed E-state index contributed by atoms with van der Waals surface area (Å²) in [5.41, 5.74) is 9.29. The second kappa shape index (κ2) is 10.5. The molecule has 7 nitrogen and oxygen atoms in total. The molecule has 42 heavy (non-hydrogen) atoms. The lowest BCUT2D eigenvalue weighted by molar-refractivity contribution is 0.284. The predicted molar refractivity (Wildman–Crippen MR) is 171 cm³/mol. The molecule has 1 unspecified atom stereocenters. The third-order valence-corrected chi connectivity index (χ3v) is 8.89. The molecule has 0 fully saturated rings. The lowest BCUT2D eigenvalue weighted by atomic mass is 10.0. The molecule has 2 aliphatic heterocycles. The minimum Gasteiger partial charge on any atom is -0.355 e. The second-order valence-corrected chi connectivity index (χ2v) is 11.7. The van der Waals surface area contributed by atoms with Crippen LogP contribution in [0.4, 0.5) is 0 Å². The smallest absolute Gasteiger partial charge is 0.355 e. The third kappa shape index (κ3) is 4.74. The van der Waals surface area contributed by atoms with Crippen molar-refractivity contribution in [2.75, 3.05) is 6.61 Å². The highest BCUT2D eigenvalue weighted by atomic mass is 31.2. The van der Waals surface area contributed by atoms with Crippen LogP contribution in [0.5, 0.6) is 0 Å². The van der Waals surface area contributed by atoms with E-state index < -0.39 is 7.60 Å². The normalized spacial score (nSPS) is 13.8. The Balaban J connectivity index is 1.66. The number of hydrogen-bond acceptors (Lipinski definition) is 4. The molecule has 1 atom stereocenters. The molecule has 7 rings (SSSR count). The average molecular weight is 571 g/mol. The summed E-state index contributed by atoms with van der Waals surface area (Å²) in [4.78, 5) is 28.1. The van der Waals surface area contributed by atoms with Crippen molar-refractivity contribution in [2.24, 2.45) is 0 Å². The number of rotatable bonds is 5. The molecule has 0 saturated heterocycles. The number of aromatic amines is 2. The highest BCUT2D eigenvalue weighted by molar-refractivity contribution is 7.61. The fourth-order valence-corrected chi connectivity index (χ4v) is 6.78. The van der Waals surface area contributed by atoms with Crippen molar-refractivity contribution in [1.82, 2.24) is 19.9 Å². The van der Waals surface area contributed by atoms with Crippen molar-refractivity contribution in [1.29, 1.82) is 0 Å². The summed E-state index contributed by atoms with van der Waals surface area (Å²) in [6, 6.07) is 30.1. The van der Waals surface area contributed by atoms with Gasteiger partial charge in [0, 0.05) is 33.2 Å². The van der Waals surface area contributed by atoms with Crippen LogP contribution in [-0.2, 0) is 9.09 Å². The van der Waals surface area contributed by atoms with Crippen molar-refractivity contribution in [3.05, 3.63) is 114 Å². The number of nitrogens with one attached hydrogen (secondary N) is 2. The number of benzene rings is 2. The minimum atomic E-state index is -4.29. The van der Waals surface area contributed by atoms with Gasteiger partial charge in [0.25, 0.3) is 0 Å². The molecular formula is C34H27N4O3P. The Kier molecular flexibility index (Phi) is 6.56. The van der Waals surface area contributed by atoms with Crippen molar-refractivity contribution in [2.45, 2.75) is 6.92 Å². The Hall–Kier alpha value is -4.81. The maximum atomic E-state index is 13.7.